The van der Waals surface area contributed by atoms with Gasteiger partial charge in [-0.2, -0.15) is 0 Å². The van der Waals surface area contributed by atoms with Crippen LogP contribution in [0.25, 0.3) is 0 Å². The van der Waals surface area contributed by atoms with Crippen molar-refractivity contribution in [2.45, 2.75) is 25.9 Å². The minimum atomic E-state index is 0.107. The summed E-state index contributed by atoms with van der Waals surface area (Å²) in [7, 11) is 4.10. The van der Waals surface area contributed by atoms with Crippen LogP contribution >= 0.6 is 0 Å². The first-order valence-electron chi connectivity index (χ1n) is 8.12. The van der Waals surface area contributed by atoms with Crippen LogP contribution < -0.4 is 0 Å². The van der Waals surface area contributed by atoms with Crippen molar-refractivity contribution in [3.8, 4) is 0 Å². The van der Waals surface area contributed by atoms with Gasteiger partial charge in [0, 0.05) is 51.3 Å². The molecule has 0 N–H and O–H groups in total. The molecule has 1 atom stereocenters. The quantitative estimate of drug-likeness (QED) is 0.869. The number of amides is 1. The molecule has 0 saturated carbocycles. The van der Waals surface area contributed by atoms with E-state index in [2.05, 4.69) is 30.8 Å². The summed E-state index contributed by atoms with van der Waals surface area (Å²) in [5.41, 5.74) is 0.767. The minimum absolute atomic E-state index is 0.107. The Hall–Kier alpha value is -2.08. The number of imidazole rings is 1. The highest BCUT2D eigenvalue weighted by atomic mass is 16.2. The first-order chi connectivity index (χ1) is 11.0. The second-order valence-corrected chi connectivity index (χ2v) is 6.54. The van der Waals surface area contributed by atoms with Crippen LogP contribution in [0.4, 0.5) is 0 Å². The van der Waals surface area contributed by atoms with E-state index in [0.717, 1.165) is 24.6 Å². The normalized spacial score (nSPS) is 19.5. The van der Waals surface area contributed by atoms with Crippen LogP contribution in [-0.2, 0) is 7.05 Å². The fourth-order valence-electron chi connectivity index (χ4n) is 3.22. The third-order valence-electron chi connectivity index (χ3n) is 4.65. The Morgan fingerprint density at radius 3 is 2.70 bits per heavy atom. The largest absolute Gasteiger partial charge is 0.341 e. The van der Waals surface area contributed by atoms with E-state index < -0.39 is 0 Å². The van der Waals surface area contributed by atoms with E-state index in [1.54, 1.807) is 0 Å². The van der Waals surface area contributed by atoms with Crippen molar-refractivity contribution in [2.75, 3.05) is 26.7 Å². The number of aryl methyl sites for hydroxylation is 1. The second kappa shape index (κ2) is 6.20. The molecule has 2 aromatic rings. The van der Waals surface area contributed by atoms with Crippen LogP contribution in [0.3, 0.4) is 0 Å². The van der Waals surface area contributed by atoms with E-state index in [4.69, 9.17) is 0 Å². The van der Waals surface area contributed by atoms with Gasteiger partial charge < -0.3 is 14.0 Å². The highest BCUT2D eigenvalue weighted by Crippen LogP contribution is 2.24. The third kappa shape index (κ3) is 2.91. The molecule has 1 fully saturated rings. The number of hydrogen-bond donors (Lipinski definition) is 0. The molecule has 3 heterocycles. The van der Waals surface area contributed by atoms with Crippen LogP contribution in [0.15, 0.2) is 30.7 Å². The summed E-state index contributed by atoms with van der Waals surface area (Å²) in [5.74, 6) is 1.11. The smallest absolute Gasteiger partial charge is 0.270 e. The number of aromatic nitrogens is 3. The molecule has 1 unspecified atom stereocenters. The SMILES string of the molecule is CC(C)n1cccc1C(=O)N1CCN(C)C(c2nccn2C)C1. The summed E-state index contributed by atoms with van der Waals surface area (Å²) < 4.78 is 4.07. The summed E-state index contributed by atoms with van der Waals surface area (Å²) in [4.78, 5) is 21.6. The van der Waals surface area contributed by atoms with E-state index in [1.165, 1.54) is 0 Å². The molecule has 1 amide bonds. The van der Waals surface area contributed by atoms with Crippen molar-refractivity contribution in [3.63, 3.8) is 0 Å². The van der Waals surface area contributed by atoms with Crippen LogP contribution in [0.1, 0.15) is 42.2 Å². The van der Waals surface area contributed by atoms with Crippen LogP contribution in [0, 0.1) is 0 Å². The molecule has 0 aromatic carbocycles. The van der Waals surface area contributed by atoms with Crippen LogP contribution in [-0.4, -0.2) is 56.5 Å². The Labute approximate surface area is 137 Å². The van der Waals surface area contributed by atoms with Gasteiger partial charge in [0.2, 0.25) is 0 Å². The zero-order valence-electron chi connectivity index (χ0n) is 14.3. The van der Waals surface area contributed by atoms with E-state index in [0.29, 0.717) is 6.54 Å². The Morgan fingerprint density at radius 1 is 1.26 bits per heavy atom. The Balaban J connectivity index is 1.82. The number of nitrogens with zero attached hydrogens (tertiary/aromatic N) is 5. The van der Waals surface area contributed by atoms with Gasteiger partial charge in [-0.15, -0.1) is 0 Å². The number of hydrogen-bond acceptors (Lipinski definition) is 3. The van der Waals surface area contributed by atoms with E-state index in [-0.39, 0.29) is 18.0 Å². The summed E-state index contributed by atoms with van der Waals surface area (Å²) in [6.45, 7) is 6.46. The maximum absolute atomic E-state index is 13.0. The molecular weight excluding hydrogens is 290 g/mol. The van der Waals surface area contributed by atoms with E-state index in [9.17, 15) is 4.79 Å². The van der Waals surface area contributed by atoms with Crippen molar-refractivity contribution in [1.29, 1.82) is 0 Å². The van der Waals surface area contributed by atoms with Crippen LogP contribution in [0.2, 0.25) is 0 Å². The van der Waals surface area contributed by atoms with Gasteiger partial charge in [0.15, 0.2) is 0 Å². The molecule has 2 aromatic heterocycles. The topological polar surface area (TPSA) is 46.3 Å². The van der Waals surface area contributed by atoms with Crippen molar-refractivity contribution in [2.24, 2.45) is 7.05 Å². The van der Waals surface area contributed by atoms with E-state index >= 15 is 0 Å². The highest BCUT2D eigenvalue weighted by molar-refractivity contribution is 5.93. The number of likely N-dealkylation sites (N-methyl/N-ethyl adjacent to an activating group) is 1. The predicted molar refractivity (Wildman–Crippen MR) is 89.3 cm³/mol. The summed E-state index contributed by atoms with van der Waals surface area (Å²) >= 11 is 0. The zero-order chi connectivity index (χ0) is 16.6. The molecule has 0 spiro atoms. The fourth-order valence-corrected chi connectivity index (χ4v) is 3.22. The third-order valence-corrected chi connectivity index (χ3v) is 4.65. The van der Waals surface area contributed by atoms with Gasteiger partial charge in [-0.25, -0.2) is 4.98 Å². The molecule has 3 rings (SSSR count). The monoisotopic (exact) mass is 315 g/mol. The molecule has 0 radical (unpaired) electrons. The van der Waals surface area contributed by atoms with Crippen molar-refractivity contribution >= 4 is 5.91 Å². The lowest BCUT2D eigenvalue weighted by molar-refractivity contribution is 0.0517. The number of carbonyl (C=O) groups excluding carboxylic acids is 1. The van der Waals surface area contributed by atoms with Gasteiger partial charge in [-0.3, -0.25) is 9.69 Å². The highest BCUT2D eigenvalue weighted by Gasteiger charge is 2.32. The maximum Gasteiger partial charge on any atom is 0.270 e. The average molecular weight is 315 g/mol. The fraction of sp³-hybridized carbons (Fsp3) is 0.529. The Kier molecular flexibility index (Phi) is 4.26. The molecule has 23 heavy (non-hydrogen) atoms. The predicted octanol–water partition coefficient (Wildman–Crippen LogP) is 1.93. The average Bonchev–Trinajstić information content (AvgIpc) is 3.16. The number of piperazine rings is 1. The van der Waals surface area contributed by atoms with Crippen LogP contribution in [0.5, 0.6) is 0 Å². The van der Waals surface area contributed by atoms with E-state index in [1.807, 2.05) is 51.8 Å². The van der Waals surface area contributed by atoms with Gasteiger partial charge in [0.05, 0.1) is 6.04 Å². The number of rotatable bonds is 3. The molecule has 1 saturated heterocycles. The van der Waals surface area contributed by atoms with Gasteiger partial charge in [0.1, 0.15) is 11.5 Å². The summed E-state index contributed by atoms with van der Waals surface area (Å²) in [6, 6.07) is 4.27. The van der Waals surface area contributed by atoms with Crippen molar-refractivity contribution in [1.82, 2.24) is 23.9 Å². The van der Waals surface area contributed by atoms with Gasteiger partial charge in [-0.05, 0) is 33.0 Å². The number of carbonyl (C=O) groups is 1. The maximum atomic E-state index is 13.0. The summed E-state index contributed by atoms with van der Waals surface area (Å²) in [5, 5.41) is 0. The molecule has 1 aliphatic heterocycles. The molecule has 1 aliphatic rings. The zero-order valence-corrected chi connectivity index (χ0v) is 14.3. The molecule has 6 heteroatoms. The first kappa shape index (κ1) is 15.8. The van der Waals surface area contributed by atoms with Gasteiger partial charge in [0.25, 0.3) is 5.91 Å². The molecule has 124 valence electrons. The standard InChI is InChI=1S/C17H25N5O/c1-13(2)22-8-5-6-14(22)17(23)21-11-10-19(3)15(12-21)16-18-7-9-20(16)4/h5-9,13,15H,10-12H2,1-4H3. The lowest BCUT2D eigenvalue weighted by Gasteiger charge is -2.39. The summed E-state index contributed by atoms with van der Waals surface area (Å²) in [6.07, 6.45) is 5.74. The van der Waals surface area contributed by atoms with Gasteiger partial charge in [-0.1, -0.05) is 0 Å². The second-order valence-electron chi connectivity index (χ2n) is 6.54. The Morgan fingerprint density at radius 2 is 2.04 bits per heavy atom. The molecular formula is C17H25N5O. The molecule has 0 bridgehead atoms. The Bertz CT molecular complexity index is 687. The van der Waals surface area contributed by atoms with Crippen molar-refractivity contribution < 1.29 is 4.79 Å². The molecule has 6 nitrogen and oxygen atoms in total. The first-order valence-corrected chi connectivity index (χ1v) is 8.12. The van der Waals surface area contributed by atoms with Gasteiger partial charge >= 0.3 is 0 Å². The lowest BCUT2D eigenvalue weighted by Crippen LogP contribution is -2.50. The molecule has 0 aliphatic carbocycles. The lowest BCUT2D eigenvalue weighted by atomic mass is 10.1. The minimum Gasteiger partial charge on any atom is -0.341 e. The van der Waals surface area contributed by atoms with Crippen molar-refractivity contribution in [3.05, 3.63) is 42.2 Å².